The lowest BCUT2D eigenvalue weighted by molar-refractivity contribution is 0.512. The van der Waals surface area contributed by atoms with Crippen molar-refractivity contribution in [2.45, 2.75) is 12.5 Å². The fourth-order valence-electron chi connectivity index (χ4n) is 2.09. The number of halogens is 4. The van der Waals surface area contributed by atoms with E-state index in [0.29, 0.717) is 0 Å². The molecule has 2 aromatic carbocycles. The molecule has 0 saturated heterocycles. The van der Waals surface area contributed by atoms with Crippen LogP contribution in [0.4, 0.5) is 8.78 Å². The first kappa shape index (κ1) is 15.6. The molecule has 0 aliphatic carbocycles. The van der Waals surface area contributed by atoms with Gasteiger partial charge in [0.05, 0.1) is 4.47 Å². The van der Waals surface area contributed by atoms with Crippen molar-refractivity contribution in [3.63, 3.8) is 0 Å². The van der Waals surface area contributed by atoms with Crippen molar-refractivity contribution >= 4 is 31.9 Å². The molecule has 0 aromatic heterocycles. The fourth-order valence-corrected chi connectivity index (χ4v) is 3.02. The van der Waals surface area contributed by atoms with E-state index in [1.54, 1.807) is 7.05 Å². The van der Waals surface area contributed by atoms with Crippen LogP contribution < -0.4 is 5.32 Å². The van der Waals surface area contributed by atoms with Crippen molar-refractivity contribution in [1.29, 1.82) is 0 Å². The highest BCUT2D eigenvalue weighted by Crippen LogP contribution is 2.29. The number of likely N-dealkylation sites (N-methyl/N-ethyl adjacent to an activating group) is 1. The van der Waals surface area contributed by atoms with Gasteiger partial charge < -0.3 is 5.32 Å². The summed E-state index contributed by atoms with van der Waals surface area (Å²) in [6.45, 7) is 0. The minimum Gasteiger partial charge on any atom is -0.313 e. The molecule has 5 heteroatoms. The summed E-state index contributed by atoms with van der Waals surface area (Å²) >= 11 is 6.56. The molecule has 1 nitrogen and oxygen atoms in total. The lowest BCUT2D eigenvalue weighted by Crippen LogP contribution is -2.20. The van der Waals surface area contributed by atoms with Gasteiger partial charge in [-0.3, -0.25) is 0 Å². The first-order valence-corrected chi connectivity index (χ1v) is 7.67. The summed E-state index contributed by atoms with van der Waals surface area (Å²) in [6.07, 6.45) is 0.232. The van der Waals surface area contributed by atoms with Crippen molar-refractivity contribution in [2.75, 3.05) is 7.05 Å². The van der Waals surface area contributed by atoms with E-state index in [1.807, 2.05) is 24.3 Å². The predicted molar refractivity (Wildman–Crippen MR) is 83.7 cm³/mol. The van der Waals surface area contributed by atoms with E-state index in [-0.39, 0.29) is 22.5 Å². The summed E-state index contributed by atoms with van der Waals surface area (Å²) in [4.78, 5) is 0. The molecule has 1 N–H and O–H groups in total. The normalized spacial score (nSPS) is 12.4. The van der Waals surface area contributed by atoms with Crippen molar-refractivity contribution in [2.24, 2.45) is 0 Å². The van der Waals surface area contributed by atoms with Gasteiger partial charge in [0.2, 0.25) is 0 Å². The van der Waals surface area contributed by atoms with Crippen LogP contribution in [-0.4, -0.2) is 7.05 Å². The van der Waals surface area contributed by atoms with Crippen LogP contribution in [0.15, 0.2) is 45.3 Å². The highest BCUT2D eigenvalue weighted by molar-refractivity contribution is 9.10. The van der Waals surface area contributed by atoms with Crippen LogP contribution >= 0.6 is 31.9 Å². The Kier molecular flexibility index (Phi) is 5.29. The summed E-state index contributed by atoms with van der Waals surface area (Å²) in [7, 11) is 1.78. The maximum atomic E-state index is 14.0. The van der Waals surface area contributed by atoms with E-state index in [9.17, 15) is 8.78 Å². The van der Waals surface area contributed by atoms with Crippen LogP contribution in [0, 0.1) is 11.6 Å². The minimum absolute atomic E-state index is 0.0782. The molecule has 0 spiro atoms. The number of rotatable bonds is 4. The van der Waals surface area contributed by atoms with Gasteiger partial charge >= 0.3 is 0 Å². The third kappa shape index (κ3) is 3.27. The van der Waals surface area contributed by atoms with Crippen LogP contribution in [0.5, 0.6) is 0 Å². The molecule has 1 atom stereocenters. The van der Waals surface area contributed by atoms with E-state index >= 15 is 0 Å². The first-order valence-electron chi connectivity index (χ1n) is 6.08. The molecular formula is C15H13Br2F2N. The predicted octanol–water partition coefficient (Wildman–Crippen LogP) is 4.99. The van der Waals surface area contributed by atoms with Gasteiger partial charge in [0.15, 0.2) is 0 Å². The van der Waals surface area contributed by atoms with Crippen LogP contribution in [0.2, 0.25) is 0 Å². The molecule has 0 fully saturated rings. The average molecular weight is 405 g/mol. The van der Waals surface area contributed by atoms with E-state index < -0.39 is 11.6 Å². The molecule has 0 bridgehead atoms. The van der Waals surface area contributed by atoms with Crippen molar-refractivity contribution in [3.05, 3.63) is 68.1 Å². The third-order valence-corrected chi connectivity index (χ3v) is 4.51. The molecule has 0 aliphatic rings. The van der Waals surface area contributed by atoms with Crippen molar-refractivity contribution in [1.82, 2.24) is 5.32 Å². The quantitative estimate of drug-likeness (QED) is 0.707. The Balaban J connectivity index is 2.37. The van der Waals surface area contributed by atoms with E-state index in [0.717, 1.165) is 10.0 Å². The number of hydrogen-bond donors (Lipinski definition) is 1. The van der Waals surface area contributed by atoms with Gasteiger partial charge in [0.1, 0.15) is 11.6 Å². The fraction of sp³-hybridized carbons (Fsp3) is 0.200. The lowest BCUT2D eigenvalue weighted by Gasteiger charge is -2.19. The zero-order valence-electron chi connectivity index (χ0n) is 10.8. The summed E-state index contributed by atoms with van der Waals surface area (Å²) in [5.41, 5.74) is 1.04. The highest BCUT2D eigenvalue weighted by Gasteiger charge is 2.19. The largest absolute Gasteiger partial charge is 0.313 e. The van der Waals surface area contributed by atoms with E-state index in [2.05, 4.69) is 37.2 Å². The minimum atomic E-state index is -0.544. The first-order chi connectivity index (χ1) is 9.54. The number of hydrogen-bond acceptors (Lipinski definition) is 1. The van der Waals surface area contributed by atoms with E-state index in [4.69, 9.17) is 0 Å². The molecule has 20 heavy (non-hydrogen) atoms. The molecule has 2 rings (SSSR count). The van der Waals surface area contributed by atoms with Gasteiger partial charge in [-0.05, 0) is 53.2 Å². The molecular weight excluding hydrogens is 392 g/mol. The second-order valence-corrected chi connectivity index (χ2v) is 6.10. The summed E-state index contributed by atoms with van der Waals surface area (Å²) < 4.78 is 29.1. The van der Waals surface area contributed by atoms with Crippen LogP contribution in [0.1, 0.15) is 17.2 Å². The van der Waals surface area contributed by atoms with Crippen LogP contribution in [0.25, 0.3) is 0 Å². The molecule has 106 valence electrons. The van der Waals surface area contributed by atoms with E-state index in [1.165, 1.54) is 12.1 Å². The smallest absolute Gasteiger partial charge is 0.143 e. The van der Waals surface area contributed by atoms with Gasteiger partial charge in [0, 0.05) is 16.1 Å². The lowest BCUT2D eigenvalue weighted by atomic mass is 9.98. The van der Waals surface area contributed by atoms with Crippen LogP contribution in [-0.2, 0) is 6.42 Å². The second-order valence-electron chi connectivity index (χ2n) is 4.39. The van der Waals surface area contributed by atoms with Crippen LogP contribution in [0.3, 0.4) is 0 Å². The average Bonchev–Trinajstić information content (AvgIpc) is 2.45. The molecule has 0 radical (unpaired) electrons. The molecule has 1 unspecified atom stereocenters. The molecule has 0 amide bonds. The molecule has 2 aromatic rings. The van der Waals surface area contributed by atoms with Gasteiger partial charge in [-0.15, -0.1) is 0 Å². The zero-order valence-corrected chi connectivity index (χ0v) is 13.9. The topological polar surface area (TPSA) is 12.0 Å². The van der Waals surface area contributed by atoms with Crippen molar-refractivity contribution in [3.8, 4) is 0 Å². The van der Waals surface area contributed by atoms with Gasteiger partial charge in [-0.2, -0.15) is 0 Å². The number of benzene rings is 2. The maximum Gasteiger partial charge on any atom is 0.143 e. The summed E-state index contributed by atoms with van der Waals surface area (Å²) in [5.74, 6) is -1.07. The van der Waals surface area contributed by atoms with Gasteiger partial charge in [0.25, 0.3) is 0 Å². The number of nitrogens with one attached hydrogen (secondary N) is 1. The second kappa shape index (κ2) is 6.78. The van der Waals surface area contributed by atoms with Crippen molar-refractivity contribution < 1.29 is 8.78 Å². The van der Waals surface area contributed by atoms with Gasteiger partial charge in [-0.1, -0.05) is 34.1 Å². The maximum absolute atomic E-state index is 14.0. The van der Waals surface area contributed by atoms with Gasteiger partial charge in [-0.25, -0.2) is 8.78 Å². The summed E-state index contributed by atoms with van der Waals surface area (Å²) in [6, 6.07) is 10.1. The zero-order chi connectivity index (χ0) is 14.7. The SMILES string of the molecule is CNC(Cc1c(F)ccc(Br)c1F)c1ccccc1Br. The Morgan fingerprint density at radius 3 is 2.40 bits per heavy atom. The Morgan fingerprint density at radius 2 is 1.75 bits per heavy atom. The third-order valence-electron chi connectivity index (χ3n) is 3.18. The Hall–Kier alpha value is -0.780. The highest BCUT2D eigenvalue weighted by atomic mass is 79.9. The molecule has 0 aliphatic heterocycles. The Bertz CT molecular complexity index is 617. The summed E-state index contributed by atoms with van der Waals surface area (Å²) in [5, 5.41) is 3.10. The molecule has 0 saturated carbocycles. The standard InChI is InChI=1S/C15H13Br2F2N/c1-20-14(9-4-2-3-5-11(9)16)8-10-13(18)7-6-12(17)15(10)19/h2-7,14,20H,8H2,1H3. The Labute approximate surface area is 133 Å². The Morgan fingerprint density at radius 1 is 1.05 bits per heavy atom. The monoisotopic (exact) mass is 403 g/mol. The molecule has 0 heterocycles.